The number of aromatic amines is 2. The summed E-state index contributed by atoms with van der Waals surface area (Å²) in [6, 6.07) is 8.99. The quantitative estimate of drug-likeness (QED) is 0.363. The van der Waals surface area contributed by atoms with Gasteiger partial charge < -0.3 is 25.1 Å². The third kappa shape index (κ3) is 5.63. The Morgan fingerprint density at radius 1 is 1.00 bits per heavy atom. The molecule has 0 unspecified atom stereocenters. The van der Waals surface area contributed by atoms with Gasteiger partial charge in [-0.2, -0.15) is 0 Å². The standard InChI is InChI=1S/C25H29N5O7/c1-5-29(20-21(26)30(25(35)28-22(20)32)12-16-10-8-7-9-11-16)17(31)13-37-23(33)18-14(3)19(27-15(18)4)24(34)36-6-2/h7-11,27H,5-6,12-13,26H2,1-4H3,(H,28,32,35). The number of nitrogens with zero attached hydrogens (tertiary/aromatic N) is 2. The number of nitrogen functional groups attached to an aromatic ring is 1. The summed E-state index contributed by atoms with van der Waals surface area (Å²) in [5.74, 6) is -2.37. The molecule has 0 fully saturated rings. The number of carbonyl (C=O) groups excluding carboxylic acids is 3. The highest BCUT2D eigenvalue weighted by Crippen LogP contribution is 2.21. The van der Waals surface area contributed by atoms with Gasteiger partial charge in [0.15, 0.2) is 12.3 Å². The Balaban J connectivity index is 1.84. The van der Waals surface area contributed by atoms with Crippen molar-refractivity contribution in [3.05, 3.63) is 79.2 Å². The highest BCUT2D eigenvalue weighted by Gasteiger charge is 2.27. The van der Waals surface area contributed by atoms with Crippen LogP contribution in [0.15, 0.2) is 39.9 Å². The van der Waals surface area contributed by atoms with E-state index in [0.717, 1.165) is 15.0 Å². The monoisotopic (exact) mass is 511 g/mol. The molecular weight excluding hydrogens is 482 g/mol. The number of likely N-dealkylation sites (N-methyl/N-ethyl adjacent to an activating group) is 1. The average molecular weight is 512 g/mol. The lowest BCUT2D eigenvalue weighted by atomic mass is 10.1. The van der Waals surface area contributed by atoms with Crippen molar-refractivity contribution in [2.75, 3.05) is 30.4 Å². The third-order valence-corrected chi connectivity index (χ3v) is 5.73. The molecule has 4 N–H and O–H groups in total. The van der Waals surface area contributed by atoms with Gasteiger partial charge in [0.2, 0.25) is 0 Å². The van der Waals surface area contributed by atoms with E-state index in [-0.39, 0.29) is 42.5 Å². The van der Waals surface area contributed by atoms with Gasteiger partial charge in [-0.1, -0.05) is 30.3 Å². The molecule has 0 saturated heterocycles. The van der Waals surface area contributed by atoms with Gasteiger partial charge in [-0.05, 0) is 38.8 Å². The Bertz CT molecular complexity index is 1440. The molecule has 2 aromatic heterocycles. The summed E-state index contributed by atoms with van der Waals surface area (Å²) in [6.07, 6.45) is 0. The van der Waals surface area contributed by atoms with Gasteiger partial charge in [0, 0.05) is 12.2 Å². The molecule has 0 saturated carbocycles. The van der Waals surface area contributed by atoms with E-state index in [1.807, 2.05) is 6.07 Å². The first-order valence-corrected chi connectivity index (χ1v) is 11.6. The number of H-pyrrole nitrogens is 2. The predicted octanol–water partition coefficient (Wildman–Crippen LogP) is 1.50. The van der Waals surface area contributed by atoms with E-state index in [1.54, 1.807) is 52.0 Å². The van der Waals surface area contributed by atoms with Crippen LogP contribution in [0.4, 0.5) is 11.5 Å². The van der Waals surface area contributed by atoms with Crippen molar-refractivity contribution in [1.29, 1.82) is 0 Å². The Labute approximate surface area is 212 Å². The fraction of sp³-hybridized carbons (Fsp3) is 0.320. The van der Waals surface area contributed by atoms with Crippen molar-refractivity contribution >= 4 is 29.4 Å². The van der Waals surface area contributed by atoms with Crippen LogP contribution in [-0.2, 0) is 20.8 Å². The predicted molar refractivity (Wildman–Crippen MR) is 136 cm³/mol. The molecule has 1 aromatic carbocycles. The number of benzene rings is 1. The van der Waals surface area contributed by atoms with Crippen LogP contribution in [0.3, 0.4) is 0 Å². The SMILES string of the molecule is CCOC(=O)c1[nH]c(C)c(C(=O)OCC(=O)N(CC)c2c(N)n(Cc3ccccc3)c(=O)[nH]c2=O)c1C. The van der Waals surface area contributed by atoms with Gasteiger partial charge in [-0.25, -0.2) is 14.4 Å². The molecule has 0 aliphatic heterocycles. The van der Waals surface area contributed by atoms with Crippen molar-refractivity contribution in [3.8, 4) is 0 Å². The first-order valence-electron chi connectivity index (χ1n) is 11.6. The third-order valence-electron chi connectivity index (χ3n) is 5.73. The Kier molecular flexibility index (Phi) is 8.33. The number of hydrogen-bond acceptors (Lipinski definition) is 8. The lowest BCUT2D eigenvalue weighted by Crippen LogP contribution is -2.42. The zero-order valence-corrected chi connectivity index (χ0v) is 21.0. The fourth-order valence-electron chi connectivity index (χ4n) is 3.96. The maximum atomic E-state index is 13.0. The number of rotatable bonds is 9. The molecule has 2 heterocycles. The maximum absolute atomic E-state index is 13.0. The summed E-state index contributed by atoms with van der Waals surface area (Å²) < 4.78 is 11.3. The van der Waals surface area contributed by atoms with Gasteiger partial charge in [0.25, 0.3) is 11.5 Å². The van der Waals surface area contributed by atoms with Crippen molar-refractivity contribution in [2.24, 2.45) is 0 Å². The lowest BCUT2D eigenvalue weighted by molar-refractivity contribution is -0.121. The van der Waals surface area contributed by atoms with E-state index in [0.29, 0.717) is 11.3 Å². The van der Waals surface area contributed by atoms with Crippen molar-refractivity contribution < 1.29 is 23.9 Å². The molecule has 12 heteroatoms. The Hall–Kier alpha value is -4.61. The van der Waals surface area contributed by atoms with Crippen molar-refractivity contribution in [3.63, 3.8) is 0 Å². The minimum atomic E-state index is -0.843. The number of nitrogens with two attached hydrogens (primary N) is 1. The largest absolute Gasteiger partial charge is 0.461 e. The Morgan fingerprint density at radius 2 is 1.68 bits per heavy atom. The molecule has 0 bridgehead atoms. The summed E-state index contributed by atoms with van der Waals surface area (Å²) in [5, 5.41) is 0. The van der Waals surface area contributed by atoms with Gasteiger partial charge >= 0.3 is 17.6 Å². The van der Waals surface area contributed by atoms with Crippen LogP contribution in [0.2, 0.25) is 0 Å². The number of aromatic nitrogens is 3. The van der Waals surface area contributed by atoms with Crippen LogP contribution < -0.4 is 21.9 Å². The topological polar surface area (TPSA) is 170 Å². The molecule has 0 aliphatic rings. The molecule has 0 radical (unpaired) electrons. The minimum Gasteiger partial charge on any atom is -0.461 e. The number of esters is 2. The number of amides is 1. The normalized spacial score (nSPS) is 10.7. The molecule has 0 spiro atoms. The van der Waals surface area contributed by atoms with Crippen LogP contribution in [-0.4, -0.2) is 52.1 Å². The molecule has 1 amide bonds. The first-order chi connectivity index (χ1) is 17.6. The van der Waals surface area contributed by atoms with E-state index >= 15 is 0 Å². The summed E-state index contributed by atoms with van der Waals surface area (Å²) in [4.78, 5) is 69.0. The number of nitrogens with one attached hydrogen (secondary N) is 2. The number of ether oxygens (including phenoxy) is 2. The van der Waals surface area contributed by atoms with E-state index in [9.17, 15) is 24.0 Å². The van der Waals surface area contributed by atoms with Gasteiger partial charge in [0.05, 0.1) is 18.7 Å². The van der Waals surface area contributed by atoms with Crippen LogP contribution in [0.1, 0.15) is 51.5 Å². The van der Waals surface area contributed by atoms with Gasteiger partial charge in [0.1, 0.15) is 11.5 Å². The second kappa shape index (κ2) is 11.4. The second-order valence-electron chi connectivity index (χ2n) is 8.12. The van der Waals surface area contributed by atoms with Crippen LogP contribution in [0, 0.1) is 13.8 Å². The minimum absolute atomic E-state index is 0.0163. The lowest BCUT2D eigenvalue weighted by Gasteiger charge is -2.23. The summed E-state index contributed by atoms with van der Waals surface area (Å²) in [7, 11) is 0. The van der Waals surface area contributed by atoms with E-state index < -0.39 is 35.7 Å². The van der Waals surface area contributed by atoms with Crippen LogP contribution in [0.5, 0.6) is 0 Å². The fourth-order valence-corrected chi connectivity index (χ4v) is 3.96. The van der Waals surface area contributed by atoms with Gasteiger partial charge in [-0.15, -0.1) is 0 Å². The van der Waals surface area contributed by atoms with Crippen molar-refractivity contribution in [2.45, 2.75) is 34.2 Å². The number of aryl methyl sites for hydroxylation is 1. The smallest absolute Gasteiger partial charge is 0.355 e. The summed E-state index contributed by atoms with van der Waals surface area (Å²) in [6.45, 7) is 5.96. The molecule has 37 heavy (non-hydrogen) atoms. The van der Waals surface area contributed by atoms with Gasteiger partial charge in [-0.3, -0.25) is 19.1 Å². The summed E-state index contributed by atoms with van der Waals surface area (Å²) >= 11 is 0. The highest BCUT2D eigenvalue weighted by atomic mass is 16.5. The molecule has 0 atom stereocenters. The summed E-state index contributed by atoms with van der Waals surface area (Å²) in [5.41, 5.74) is 6.08. The number of anilines is 2. The molecule has 196 valence electrons. The number of carbonyl (C=O) groups is 3. The van der Waals surface area contributed by atoms with Crippen LogP contribution >= 0.6 is 0 Å². The zero-order chi connectivity index (χ0) is 27.3. The Morgan fingerprint density at radius 3 is 2.30 bits per heavy atom. The molecule has 0 aliphatic carbocycles. The number of hydrogen-bond donors (Lipinski definition) is 3. The van der Waals surface area contributed by atoms with E-state index in [2.05, 4.69) is 9.97 Å². The van der Waals surface area contributed by atoms with E-state index in [4.69, 9.17) is 15.2 Å². The zero-order valence-electron chi connectivity index (χ0n) is 21.0. The second-order valence-corrected chi connectivity index (χ2v) is 8.12. The van der Waals surface area contributed by atoms with E-state index in [1.165, 1.54) is 0 Å². The van der Waals surface area contributed by atoms with Crippen molar-refractivity contribution in [1.82, 2.24) is 14.5 Å². The average Bonchev–Trinajstić information content (AvgIpc) is 3.17. The molecule has 12 nitrogen and oxygen atoms in total. The first kappa shape index (κ1) is 27.0. The molecular formula is C25H29N5O7. The maximum Gasteiger partial charge on any atom is 0.355 e. The molecule has 3 aromatic rings. The van der Waals surface area contributed by atoms with Crippen LogP contribution in [0.25, 0.3) is 0 Å². The molecule has 3 rings (SSSR count). The highest BCUT2D eigenvalue weighted by molar-refractivity contribution is 6.01.